The van der Waals surface area contributed by atoms with Crippen LogP contribution >= 0.6 is 0 Å². The van der Waals surface area contributed by atoms with E-state index >= 15 is 0 Å². The summed E-state index contributed by atoms with van der Waals surface area (Å²) in [5, 5.41) is 30.8. The Morgan fingerprint density at radius 1 is 1.07 bits per heavy atom. The third-order valence-electron chi connectivity index (χ3n) is 3.98. The Kier molecular flexibility index (Phi) is 7.75. The Morgan fingerprint density at radius 2 is 1.76 bits per heavy atom. The standard InChI is InChI=1S/C19H21BN2O7/c21-17(23)11-29-15-6-2-4-13(8-15)10-18(24)22-16(20(27)28)9-12-3-1-5-14(7-12)19(25)26/h1-8,16,27-28H,9-11H2,(H2,21,23)(H,22,24)(H,25,26). The van der Waals surface area contributed by atoms with Crippen LogP contribution in [-0.4, -0.2) is 52.6 Å². The van der Waals surface area contributed by atoms with Crippen molar-refractivity contribution in [2.75, 3.05) is 6.61 Å². The maximum atomic E-state index is 12.3. The van der Waals surface area contributed by atoms with E-state index in [1.54, 1.807) is 36.4 Å². The van der Waals surface area contributed by atoms with Crippen LogP contribution in [0.2, 0.25) is 0 Å². The smallest absolute Gasteiger partial charge is 0.475 e. The number of carboxylic acids is 1. The first-order valence-corrected chi connectivity index (χ1v) is 8.72. The predicted octanol–water partition coefficient (Wildman–Crippen LogP) is -0.469. The second kappa shape index (κ2) is 10.3. The molecule has 1 atom stereocenters. The van der Waals surface area contributed by atoms with Gasteiger partial charge in [0, 0.05) is 0 Å². The van der Waals surface area contributed by atoms with Crippen LogP contribution in [0.3, 0.4) is 0 Å². The van der Waals surface area contributed by atoms with E-state index < -0.39 is 30.8 Å². The number of nitrogens with one attached hydrogen (secondary N) is 1. The molecular weight excluding hydrogens is 379 g/mol. The quantitative estimate of drug-likeness (QED) is 0.337. The minimum atomic E-state index is -1.84. The van der Waals surface area contributed by atoms with Crippen LogP contribution in [0, 0.1) is 0 Å². The van der Waals surface area contributed by atoms with Crippen molar-refractivity contribution in [3.05, 3.63) is 65.2 Å². The van der Waals surface area contributed by atoms with E-state index in [0.717, 1.165) is 0 Å². The Hall–Kier alpha value is -3.37. The molecule has 0 aliphatic carbocycles. The number of hydrogen-bond donors (Lipinski definition) is 5. The van der Waals surface area contributed by atoms with Crippen LogP contribution in [0.4, 0.5) is 0 Å². The molecule has 0 saturated heterocycles. The molecule has 2 rings (SSSR count). The lowest BCUT2D eigenvalue weighted by Crippen LogP contribution is -2.48. The monoisotopic (exact) mass is 400 g/mol. The van der Waals surface area contributed by atoms with Gasteiger partial charge in [0.05, 0.1) is 17.9 Å². The number of primary amides is 1. The summed E-state index contributed by atoms with van der Waals surface area (Å²) in [6, 6.07) is 12.5. The first kappa shape index (κ1) is 21.9. The van der Waals surface area contributed by atoms with Gasteiger partial charge in [0.1, 0.15) is 5.75 Å². The normalized spacial score (nSPS) is 11.4. The number of nitrogens with two attached hydrogens (primary N) is 1. The first-order chi connectivity index (χ1) is 13.7. The summed E-state index contributed by atoms with van der Waals surface area (Å²) in [5.74, 6) is -2.85. The van der Waals surface area contributed by atoms with Gasteiger partial charge in [0.2, 0.25) is 5.91 Å². The van der Waals surface area contributed by atoms with Gasteiger partial charge in [0.25, 0.3) is 5.91 Å². The zero-order valence-corrected chi connectivity index (χ0v) is 15.4. The van der Waals surface area contributed by atoms with E-state index in [-0.39, 0.29) is 25.0 Å². The van der Waals surface area contributed by atoms with Crippen LogP contribution in [0.25, 0.3) is 0 Å². The molecule has 1 unspecified atom stereocenters. The van der Waals surface area contributed by atoms with E-state index in [0.29, 0.717) is 16.9 Å². The molecule has 10 heteroatoms. The fraction of sp³-hybridized carbons (Fsp3) is 0.211. The van der Waals surface area contributed by atoms with Crippen molar-refractivity contribution >= 4 is 24.9 Å². The summed E-state index contributed by atoms with van der Waals surface area (Å²) in [6.07, 6.45) is -0.0293. The lowest BCUT2D eigenvalue weighted by molar-refractivity contribution is -0.121. The van der Waals surface area contributed by atoms with Gasteiger partial charge < -0.3 is 30.9 Å². The minimum Gasteiger partial charge on any atom is -0.484 e. The molecule has 0 bridgehead atoms. The lowest BCUT2D eigenvalue weighted by Gasteiger charge is -2.18. The van der Waals surface area contributed by atoms with Gasteiger partial charge in [-0.25, -0.2) is 4.79 Å². The average molecular weight is 400 g/mol. The fourth-order valence-electron chi connectivity index (χ4n) is 2.66. The van der Waals surface area contributed by atoms with Gasteiger partial charge in [0.15, 0.2) is 6.61 Å². The summed E-state index contributed by atoms with van der Waals surface area (Å²) >= 11 is 0. The second-order valence-corrected chi connectivity index (χ2v) is 6.38. The van der Waals surface area contributed by atoms with Gasteiger partial charge in [-0.15, -0.1) is 0 Å². The van der Waals surface area contributed by atoms with Crippen molar-refractivity contribution in [3.8, 4) is 5.75 Å². The number of amides is 2. The molecule has 0 aromatic heterocycles. The first-order valence-electron chi connectivity index (χ1n) is 8.72. The summed E-state index contributed by atoms with van der Waals surface area (Å²) < 4.78 is 5.18. The largest absolute Gasteiger partial charge is 0.484 e. The Bertz CT molecular complexity index is 888. The van der Waals surface area contributed by atoms with Gasteiger partial charge in [-0.2, -0.15) is 0 Å². The molecule has 2 aromatic rings. The number of rotatable bonds is 10. The molecule has 6 N–H and O–H groups in total. The molecule has 0 fully saturated rings. The summed E-state index contributed by atoms with van der Waals surface area (Å²) in [4.78, 5) is 34.2. The van der Waals surface area contributed by atoms with Crippen LogP contribution in [-0.2, 0) is 22.4 Å². The third kappa shape index (κ3) is 7.28. The van der Waals surface area contributed by atoms with Gasteiger partial charge in [-0.05, 0) is 41.8 Å². The molecule has 0 saturated carbocycles. The lowest BCUT2D eigenvalue weighted by atomic mass is 9.75. The van der Waals surface area contributed by atoms with Crippen LogP contribution in [0.15, 0.2) is 48.5 Å². The van der Waals surface area contributed by atoms with Crippen molar-refractivity contribution in [2.24, 2.45) is 5.73 Å². The number of aromatic carboxylic acids is 1. The second-order valence-electron chi connectivity index (χ2n) is 6.38. The van der Waals surface area contributed by atoms with E-state index in [1.807, 2.05) is 0 Å². The van der Waals surface area contributed by atoms with Gasteiger partial charge in [-0.1, -0.05) is 24.3 Å². The number of carboxylic acid groups (broad SMARTS) is 1. The van der Waals surface area contributed by atoms with Crippen molar-refractivity contribution < 1.29 is 34.3 Å². The topological polar surface area (TPSA) is 159 Å². The SMILES string of the molecule is NC(=O)COc1cccc(CC(=O)NC(Cc2cccc(C(=O)O)c2)B(O)O)c1. The molecule has 0 spiro atoms. The zero-order chi connectivity index (χ0) is 21.4. The molecule has 2 aromatic carbocycles. The minimum absolute atomic E-state index is 0.0340. The Balaban J connectivity index is 2.01. The average Bonchev–Trinajstić information content (AvgIpc) is 2.66. The Labute approximate surface area is 167 Å². The zero-order valence-electron chi connectivity index (χ0n) is 15.4. The van der Waals surface area contributed by atoms with Crippen LogP contribution in [0.5, 0.6) is 5.75 Å². The van der Waals surface area contributed by atoms with Crippen molar-refractivity contribution in [2.45, 2.75) is 18.8 Å². The molecule has 152 valence electrons. The molecule has 0 aliphatic rings. The van der Waals surface area contributed by atoms with Gasteiger partial charge in [-0.3, -0.25) is 9.59 Å². The van der Waals surface area contributed by atoms with Crippen LogP contribution < -0.4 is 15.8 Å². The van der Waals surface area contributed by atoms with Crippen molar-refractivity contribution in [3.63, 3.8) is 0 Å². The van der Waals surface area contributed by atoms with Gasteiger partial charge >= 0.3 is 13.1 Å². The van der Waals surface area contributed by atoms with Crippen molar-refractivity contribution in [1.82, 2.24) is 5.32 Å². The van der Waals surface area contributed by atoms with E-state index in [4.69, 9.17) is 15.6 Å². The van der Waals surface area contributed by atoms with Crippen LogP contribution in [0.1, 0.15) is 21.5 Å². The number of hydrogen-bond acceptors (Lipinski definition) is 6. The predicted molar refractivity (Wildman–Crippen MR) is 104 cm³/mol. The van der Waals surface area contributed by atoms with E-state index in [2.05, 4.69) is 5.32 Å². The fourth-order valence-corrected chi connectivity index (χ4v) is 2.66. The highest BCUT2D eigenvalue weighted by molar-refractivity contribution is 6.43. The summed E-state index contributed by atoms with van der Waals surface area (Å²) in [5.41, 5.74) is 6.21. The summed E-state index contributed by atoms with van der Waals surface area (Å²) in [7, 11) is -1.84. The summed E-state index contributed by atoms with van der Waals surface area (Å²) in [6.45, 7) is -0.288. The third-order valence-corrected chi connectivity index (χ3v) is 3.98. The maximum Gasteiger partial charge on any atom is 0.475 e. The number of carbonyl (C=O) groups excluding carboxylic acids is 2. The van der Waals surface area contributed by atoms with Crippen molar-refractivity contribution in [1.29, 1.82) is 0 Å². The number of ether oxygens (including phenoxy) is 1. The number of benzene rings is 2. The molecule has 9 nitrogen and oxygen atoms in total. The molecule has 0 aliphatic heterocycles. The molecule has 0 radical (unpaired) electrons. The highest BCUT2D eigenvalue weighted by Crippen LogP contribution is 2.14. The molecule has 2 amide bonds. The molecular formula is C19H21BN2O7. The van der Waals surface area contributed by atoms with E-state index in [9.17, 15) is 24.4 Å². The Morgan fingerprint density at radius 3 is 2.41 bits per heavy atom. The highest BCUT2D eigenvalue weighted by atomic mass is 16.5. The maximum absolute atomic E-state index is 12.3. The number of carbonyl (C=O) groups is 3. The molecule has 0 heterocycles. The highest BCUT2D eigenvalue weighted by Gasteiger charge is 2.26. The van der Waals surface area contributed by atoms with E-state index in [1.165, 1.54) is 12.1 Å². The molecule has 29 heavy (non-hydrogen) atoms.